The van der Waals surface area contributed by atoms with Crippen LogP contribution in [0.25, 0.3) is 0 Å². The van der Waals surface area contributed by atoms with Gasteiger partial charge in [-0.1, -0.05) is 13.8 Å². The summed E-state index contributed by atoms with van der Waals surface area (Å²) >= 11 is 0. The van der Waals surface area contributed by atoms with E-state index in [0.717, 1.165) is 19.8 Å². The van der Waals surface area contributed by atoms with Gasteiger partial charge in [-0.3, -0.25) is 10.3 Å². The highest BCUT2D eigenvalue weighted by atomic mass is 15.4. The minimum atomic E-state index is 0.907. The third-order valence-electron chi connectivity index (χ3n) is 1.19. The molecule has 0 rings (SSSR count). The minimum Gasteiger partial charge on any atom is -0.293 e. The first-order valence-corrected chi connectivity index (χ1v) is 3.45. The van der Waals surface area contributed by atoms with E-state index in [-0.39, 0.29) is 0 Å². The Bertz CT molecular complexity index is 56.3. The fourth-order valence-electron chi connectivity index (χ4n) is 0.428. The first-order valence-electron chi connectivity index (χ1n) is 3.45. The highest BCUT2D eigenvalue weighted by Crippen LogP contribution is 1.72. The lowest BCUT2D eigenvalue weighted by Crippen LogP contribution is -2.39. The zero-order chi connectivity index (χ0) is 7.11. The predicted molar refractivity (Wildman–Crippen MR) is 40.0 cm³/mol. The smallest absolute Gasteiger partial charge is 0.0612 e. The molecule has 0 unspecified atom stereocenters. The SMILES string of the molecule is CCNNCN(C)CC. The van der Waals surface area contributed by atoms with Crippen molar-refractivity contribution in [3.05, 3.63) is 0 Å². The Morgan fingerprint density at radius 3 is 2.33 bits per heavy atom. The number of hydrogen-bond acceptors (Lipinski definition) is 3. The summed E-state index contributed by atoms with van der Waals surface area (Å²) in [6.07, 6.45) is 0. The van der Waals surface area contributed by atoms with E-state index in [0.29, 0.717) is 0 Å². The van der Waals surface area contributed by atoms with Gasteiger partial charge in [-0.05, 0) is 13.6 Å². The van der Waals surface area contributed by atoms with Crippen LogP contribution < -0.4 is 10.9 Å². The Kier molecular flexibility index (Phi) is 5.93. The molecule has 0 bridgehead atoms. The lowest BCUT2D eigenvalue weighted by molar-refractivity contribution is 0.300. The van der Waals surface area contributed by atoms with Gasteiger partial charge in [0.1, 0.15) is 0 Å². The van der Waals surface area contributed by atoms with Crippen molar-refractivity contribution in [1.29, 1.82) is 0 Å². The average molecular weight is 131 g/mol. The standard InChI is InChI=1S/C6H17N3/c1-4-7-8-6-9(3)5-2/h7-8H,4-6H2,1-3H3. The number of nitrogens with zero attached hydrogens (tertiary/aromatic N) is 1. The molecule has 0 aromatic carbocycles. The van der Waals surface area contributed by atoms with E-state index in [4.69, 9.17) is 0 Å². The van der Waals surface area contributed by atoms with Crippen LogP contribution in [-0.4, -0.2) is 31.7 Å². The highest BCUT2D eigenvalue weighted by molar-refractivity contribution is 4.40. The van der Waals surface area contributed by atoms with Gasteiger partial charge in [-0.15, -0.1) is 0 Å². The summed E-state index contributed by atoms with van der Waals surface area (Å²) in [6.45, 7) is 7.16. The summed E-state index contributed by atoms with van der Waals surface area (Å²) in [5.74, 6) is 0. The van der Waals surface area contributed by atoms with Crippen LogP contribution in [0.4, 0.5) is 0 Å². The van der Waals surface area contributed by atoms with E-state index in [1.165, 1.54) is 0 Å². The highest BCUT2D eigenvalue weighted by Gasteiger charge is 1.88. The van der Waals surface area contributed by atoms with Gasteiger partial charge in [0.25, 0.3) is 0 Å². The fourth-order valence-corrected chi connectivity index (χ4v) is 0.428. The van der Waals surface area contributed by atoms with E-state index >= 15 is 0 Å². The van der Waals surface area contributed by atoms with Crippen molar-refractivity contribution in [3.63, 3.8) is 0 Å². The maximum atomic E-state index is 3.06. The van der Waals surface area contributed by atoms with Gasteiger partial charge in [0.2, 0.25) is 0 Å². The second-order valence-corrected chi connectivity index (χ2v) is 2.04. The molecule has 0 saturated heterocycles. The largest absolute Gasteiger partial charge is 0.293 e. The number of nitrogens with one attached hydrogen (secondary N) is 2. The van der Waals surface area contributed by atoms with Gasteiger partial charge >= 0.3 is 0 Å². The second-order valence-electron chi connectivity index (χ2n) is 2.04. The van der Waals surface area contributed by atoms with Crippen molar-refractivity contribution in [1.82, 2.24) is 15.8 Å². The van der Waals surface area contributed by atoms with Crippen LogP contribution in [0.15, 0.2) is 0 Å². The zero-order valence-electron chi connectivity index (χ0n) is 6.57. The monoisotopic (exact) mass is 131 g/mol. The molecular weight excluding hydrogens is 114 g/mol. The Morgan fingerprint density at radius 1 is 1.22 bits per heavy atom. The summed E-state index contributed by atoms with van der Waals surface area (Å²) in [5.41, 5.74) is 6.08. The van der Waals surface area contributed by atoms with Crippen LogP contribution in [0.3, 0.4) is 0 Å². The van der Waals surface area contributed by atoms with Gasteiger partial charge in [0.05, 0.1) is 6.67 Å². The molecule has 0 saturated carbocycles. The second kappa shape index (κ2) is 6.01. The van der Waals surface area contributed by atoms with Crippen LogP contribution in [0.1, 0.15) is 13.8 Å². The van der Waals surface area contributed by atoms with Crippen molar-refractivity contribution >= 4 is 0 Å². The summed E-state index contributed by atoms with van der Waals surface area (Å²) < 4.78 is 0. The van der Waals surface area contributed by atoms with Crippen LogP contribution in [0, 0.1) is 0 Å². The lowest BCUT2D eigenvalue weighted by atomic mass is 10.7. The third kappa shape index (κ3) is 5.76. The molecule has 0 aliphatic heterocycles. The quantitative estimate of drug-likeness (QED) is 0.313. The van der Waals surface area contributed by atoms with Crippen LogP contribution in [0.5, 0.6) is 0 Å². The van der Waals surface area contributed by atoms with Gasteiger partial charge in [-0.25, -0.2) is 5.43 Å². The molecule has 0 aromatic rings. The Morgan fingerprint density at radius 2 is 1.89 bits per heavy atom. The molecule has 2 N–H and O–H groups in total. The number of hydrazine groups is 1. The Labute approximate surface area is 57.4 Å². The number of rotatable bonds is 5. The molecule has 0 aromatic heterocycles. The molecule has 9 heavy (non-hydrogen) atoms. The lowest BCUT2D eigenvalue weighted by Gasteiger charge is -2.14. The van der Waals surface area contributed by atoms with Crippen molar-refractivity contribution in [2.24, 2.45) is 0 Å². The summed E-state index contributed by atoms with van der Waals surface area (Å²) in [5, 5.41) is 0. The van der Waals surface area contributed by atoms with Crippen molar-refractivity contribution in [3.8, 4) is 0 Å². The molecule has 3 heteroatoms. The summed E-state index contributed by atoms with van der Waals surface area (Å²) in [7, 11) is 2.07. The van der Waals surface area contributed by atoms with Gasteiger partial charge in [0.15, 0.2) is 0 Å². The molecule has 0 radical (unpaired) electrons. The Balaban J connectivity index is 2.88. The Hall–Kier alpha value is -0.120. The maximum Gasteiger partial charge on any atom is 0.0612 e. The van der Waals surface area contributed by atoms with E-state index in [9.17, 15) is 0 Å². The topological polar surface area (TPSA) is 27.3 Å². The molecule has 0 spiro atoms. The average Bonchev–Trinajstić information content (AvgIpc) is 1.89. The molecule has 0 amide bonds. The van der Waals surface area contributed by atoms with Crippen molar-refractivity contribution in [2.75, 3.05) is 26.8 Å². The number of hydrogen-bond donors (Lipinski definition) is 2. The van der Waals surface area contributed by atoms with E-state index in [2.05, 4.69) is 36.6 Å². The molecule has 0 aliphatic rings. The third-order valence-corrected chi connectivity index (χ3v) is 1.19. The zero-order valence-corrected chi connectivity index (χ0v) is 6.57. The van der Waals surface area contributed by atoms with Crippen molar-refractivity contribution < 1.29 is 0 Å². The molecule has 3 nitrogen and oxygen atoms in total. The maximum absolute atomic E-state index is 3.06. The molecule has 0 fully saturated rings. The predicted octanol–water partition coefficient (Wildman–Crippen LogP) is 0.00970. The minimum absolute atomic E-state index is 0.907. The normalized spacial score (nSPS) is 10.7. The molecule has 0 heterocycles. The van der Waals surface area contributed by atoms with E-state index in [1.807, 2.05) is 0 Å². The van der Waals surface area contributed by atoms with E-state index < -0.39 is 0 Å². The van der Waals surface area contributed by atoms with Crippen LogP contribution in [0.2, 0.25) is 0 Å². The van der Waals surface area contributed by atoms with Gasteiger partial charge < -0.3 is 0 Å². The van der Waals surface area contributed by atoms with Crippen molar-refractivity contribution in [2.45, 2.75) is 13.8 Å². The van der Waals surface area contributed by atoms with Crippen LogP contribution in [-0.2, 0) is 0 Å². The van der Waals surface area contributed by atoms with Crippen LogP contribution >= 0.6 is 0 Å². The molecule has 0 aliphatic carbocycles. The molecule has 0 atom stereocenters. The van der Waals surface area contributed by atoms with Gasteiger partial charge in [-0.2, -0.15) is 0 Å². The fraction of sp³-hybridized carbons (Fsp3) is 1.00. The summed E-state index contributed by atoms with van der Waals surface area (Å²) in [4.78, 5) is 2.18. The van der Waals surface area contributed by atoms with Gasteiger partial charge in [0, 0.05) is 6.54 Å². The summed E-state index contributed by atoms with van der Waals surface area (Å²) in [6, 6.07) is 0. The first kappa shape index (κ1) is 8.88. The molecular formula is C6H17N3. The molecule has 56 valence electrons. The van der Waals surface area contributed by atoms with E-state index in [1.54, 1.807) is 0 Å². The first-order chi connectivity index (χ1) is 4.31.